The van der Waals surface area contributed by atoms with Gasteiger partial charge in [0.05, 0.1) is 10.7 Å². The van der Waals surface area contributed by atoms with Crippen LogP contribution >= 0.6 is 11.6 Å². The van der Waals surface area contributed by atoms with E-state index in [-0.39, 0.29) is 0 Å². The van der Waals surface area contributed by atoms with Crippen molar-refractivity contribution in [2.75, 3.05) is 13.1 Å². The lowest BCUT2D eigenvalue weighted by atomic mass is 9.99. The number of piperidine rings is 1. The Kier molecular flexibility index (Phi) is 3.30. The van der Waals surface area contributed by atoms with E-state index in [0.717, 1.165) is 36.0 Å². The molecule has 1 aliphatic rings. The van der Waals surface area contributed by atoms with Crippen molar-refractivity contribution in [3.05, 3.63) is 41.4 Å². The molecule has 1 saturated heterocycles. The van der Waals surface area contributed by atoms with E-state index in [1.165, 1.54) is 6.42 Å². The Morgan fingerprint density at radius 3 is 3.00 bits per heavy atom. The second kappa shape index (κ2) is 5.08. The van der Waals surface area contributed by atoms with Gasteiger partial charge in [-0.3, -0.25) is 4.57 Å². The predicted octanol–water partition coefficient (Wildman–Crippen LogP) is 2.39. The lowest BCUT2D eigenvalue weighted by molar-refractivity contribution is 0.442. The van der Waals surface area contributed by atoms with Crippen LogP contribution < -0.4 is 5.32 Å². The molecule has 0 radical (unpaired) electrons. The standard InChI is InChI=1S/C13H15ClN4/c14-11-5-1-2-6-12(11)18-9-16-17-13(18)10-4-3-7-15-8-10/h1-2,5-6,9-10,15H,3-4,7-8H2. The van der Waals surface area contributed by atoms with Crippen LogP contribution in [0.4, 0.5) is 0 Å². The molecule has 1 N–H and O–H groups in total. The summed E-state index contributed by atoms with van der Waals surface area (Å²) in [6.07, 6.45) is 4.07. The molecule has 2 aromatic rings. The Hall–Kier alpha value is -1.39. The third-order valence-corrected chi connectivity index (χ3v) is 3.67. The zero-order valence-electron chi connectivity index (χ0n) is 10.0. The molecule has 4 nitrogen and oxygen atoms in total. The van der Waals surface area contributed by atoms with Crippen molar-refractivity contribution in [2.24, 2.45) is 0 Å². The third kappa shape index (κ3) is 2.13. The first kappa shape index (κ1) is 11.7. The summed E-state index contributed by atoms with van der Waals surface area (Å²) in [4.78, 5) is 0. The maximum absolute atomic E-state index is 6.23. The van der Waals surface area contributed by atoms with Crippen molar-refractivity contribution in [2.45, 2.75) is 18.8 Å². The molecular formula is C13H15ClN4. The van der Waals surface area contributed by atoms with Crippen LogP contribution in [0.25, 0.3) is 5.69 Å². The molecule has 1 aromatic carbocycles. The van der Waals surface area contributed by atoms with Gasteiger partial charge in [0.15, 0.2) is 0 Å². The highest BCUT2D eigenvalue weighted by Gasteiger charge is 2.21. The van der Waals surface area contributed by atoms with Gasteiger partial charge < -0.3 is 5.32 Å². The number of para-hydroxylation sites is 1. The summed E-state index contributed by atoms with van der Waals surface area (Å²) in [7, 11) is 0. The maximum Gasteiger partial charge on any atom is 0.141 e. The number of hydrogen-bond donors (Lipinski definition) is 1. The molecule has 18 heavy (non-hydrogen) atoms. The summed E-state index contributed by atoms with van der Waals surface area (Å²) < 4.78 is 2.00. The van der Waals surface area contributed by atoms with Gasteiger partial charge in [-0.25, -0.2) is 0 Å². The molecule has 94 valence electrons. The fourth-order valence-corrected chi connectivity index (χ4v) is 2.65. The van der Waals surface area contributed by atoms with Crippen molar-refractivity contribution < 1.29 is 0 Å². The summed E-state index contributed by atoms with van der Waals surface area (Å²) in [6, 6.07) is 7.79. The average molecular weight is 263 g/mol. The number of nitrogens with zero attached hydrogens (tertiary/aromatic N) is 3. The SMILES string of the molecule is Clc1ccccc1-n1cnnc1C1CCCNC1. The smallest absolute Gasteiger partial charge is 0.141 e. The summed E-state index contributed by atoms with van der Waals surface area (Å²) in [5.41, 5.74) is 0.949. The highest BCUT2D eigenvalue weighted by atomic mass is 35.5. The maximum atomic E-state index is 6.23. The molecule has 0 saturated carbocycles. The summed E-state index contributed by atoms with van der Waals surface area (Å²) in [5.74, 6) is 1.41. The van der Waals surface area contributed by atoms with Gasteiger partial charge in [0.1, 0.15) is 12.2 Å². The molecule has 0 aliphatic carbocycles. The van der Waals surface area contributed by atoms with Crippen LogP contribution in [0.15, 0.2) is 30.6 Å². The van der Waals surface area contributed by atoms with Gasteiger partial charge in [0.25, 0.3) is 0 Å². The lowest BCUT2D eigenvalue weighted by Crippen LogP contribution is -2.29. The lowest BCUT2D eigenvalue weighted by Gasteiger charge is -2.22. The highest BCUT2D eigenvalue weighted by Crippen LogP contribution is 2.26. The number of aromatic nitrogens is 3. The molecule has 0 bridgehead atoms. The normalized spacial score (nSPS) is 19.9. The van der Waals surface area contributed by atoms with Gasteiger partial charge in [-0.2, -0.15) is 0 Å². The molecule has 3 rings (SSSR count). The topological polar surface area (TPSA) is 42.7 Å². The Balaban J connectivity index is 1.98. The summed E-state index contributed by atoms with van der Waals surface area (Å²) >= 11 is 6.23. The quantitative estimate of drug-likeness (QED) is 0.904. The van der Waals surface area contributed by atoms with E-state index in [1.54, 1.807) is 6.33 Å². The molecular weight excluding hydrogens is 248 g/mol. The number of rotatable bonds is 2. The number of hydrogen-bond acceptors (Lipinski definition) is 3. The number of nitrogens with one attached hydrogen (secondary N) is 1. The summed E-state index contributed by atoms with van der Waals surface area (Å²) in [6.45, 7) is 2.06. The molecule has 1 atom stereocenters. The number of benzene rings is 1. The molecule has 1 aromatic heterocycles. The van der Waals surface area contributed by atoms with Gasteiger partial charge in [0, 0.05) is 12.5 Å². The highest BCUT2D eigenvalue weighted by molar-refractivity contribution is 6.32. The molecule has 1 unspecified atom stereocenters. The van der Waals surface area contributed by atoms with E-state index in [0.29, 0.717) is 5.92 Å². The minimum absolute atomic E-state index is 0.414. The number of halogens is 1. The molecule has 0 amide bonds. The molecule has 0 spiro atoms. The van der Waals surface area contributed by atoms with E-state index in [9.17, 15) is 0 Å². The van der Waals surface area contributed by atoms with Gasteiger partial charge in [-0.1, -0.05) is 23.7 Å². The van der Waals surface area contributed by atoms with E-state index in [1.807, 2.05) is 28.8 Å². The van der Waals surface area contributed by atoms with Crippen LogP contribution in [-0.2, 0) is 0 Å². The van der Waals surface area contributed by atoms with Crippen molar-refractivity contribution in [3.63, 3.8) is 0 Å². The van der Waals surface area contributed by atoms with Crippen LogP contribution in [0.5, 0.6) is 0 Å². The van der Waals surface area contributed by atoms with Gasteiger partial charge in [-0.05, 0) is 31.5 Å². The van der Waals surface area contributed by atoms with E-state index in [2.05, 4.69) is 15.5 Å². The summed E-state index contributed by atoms with van der Waals surface area (Å²) in [5, 5.41) is 12.4. The largest absolute Gasteiger partial charge is 0.316 e. The fourth-order valence-electron chi connectivity index (χ4n) is 2.43. The molecule has 1 aliphatic heterocycles. The third-order valence-electron chi connectivity index (χ3n) is 3.35. The minimum atomic E-state index is 0.414. The van der Waals surface area contributed by atoms with Crippen LogP contribution in [-0.4, -0.2) is 27.9 Å². The Labute approximate surface area is 111 Å². The second-order valence-electron chi connectivity index (χ2n) is 4.55. The van der Waals surface area contributed by atoms with E-state index < -0.39 is 0 Å². The Morgan fingerprint density at radius 2 is 2.22 bits per heavy atom. The Bertz CT molecular complexity index is 531. The molecule has 5 heteroatoms. The van der Waals surface area contributed by atoms with E-state index in [4.69, 9.17) is 11.6 Å². The van der Waals surface area contributed by atoms with E-state index >= 15 is 0 Å². The average Bonchev–Trinajstić information content (AvgIpc) is 2.89. The monoisotopic (exact) mass is 262 g/mol. The Morgan fingerprint density at radius 1 is 1.33 bits per heavy atom. The van der Waals surface area contributed by atoms with Crippen molar-refractivity contribution in [1.82, 2.24) is 20.1 Å². The van der Waals surface area contributed by atoms with Crippen LogP contribution in [0.1, 0.15) is 24.6 Å². The van der Waals surface area contributed by atoms with Gasteiger partial charge in [0.2, 0.25) is 0 Å². The van der Waals surface area contributed by atoms with Crippen molar-refractivity contribution in [1.29, 1.82) is 0 Å². The van der Waals surface area contributed by atoms with Gasteiger partial charge in [-0.15, -0.1) is 10.2 Å². The molecule has 2 heterocycles. The zero-order chi connectivity index (χ0) is 12.4. The van der Waals surface area contributed by atoms with Gasteiger partial charge >= 0.3 is 0 Å². The van der Waals surface area contributed by atoms with Crippen molar-refractivity contribution >= 4 is 11.6 Å². The first-order valence-electron chi connectivity index (χ1n) is 6.22. The molecule has 1 fully saturated rings. The minimum Gasteiger partial charge on any atom is -0.316 e. The van der Waals surface area contributed by atoms with Crippen LogP contribution in [0.3, 0.4) is 0 Å². The first-order chi connectivity index (χ1) is 8.86. The first-order valence-corrected chi connectivity index (χ1v) is 6.59. The van der Waals surface area contributed by atoms with Crippen LogP contribution in [0, 0.1) is 0 Å². The zero-order valence-corrected chi connectivity index (χ0v) is 10.8. The fraction of sp³-hybridized carbons (Fsp3) is 0.385. The van der Waals surface area contributed by atoms with Crippen LogP contribution in [0.2, 0.25) is 5.02 Å². The predicted molar refractivity (Wildman–Crippen MR) is 71.2 cm³/mol. The second-order valence-corrected chi connectivity index (χ2v) is 4.96. The van der Waals surface area contributed by atoms with Crippen molar-refractivity contribution in [3.8, 4) is 5.69 Å².